The molecule has 0 bridgehead atoms. The summed E-state index contributed by atoms with van der Waals surface area (Å²) in [6, 6.07) is 12.3. The highest BCUT2D eigenvalue weighted by molar-refractivity contribution is 7.92. The predicted octanol–water partition coefficient (Wildman–Crippen LogP) is 2.22. The highest BCUT2D eigenvalue weighted by Crippen LogP contribution is 2.41. The van der Waals surface area contributed by atoms with Gasteiger partial charge >= 0.3 is 0 Å². The summed E-state index contributed by atoms with van der Waals surface area (Å²) in [4.78, 5) is 13.1. The van der Waals surface area contributed by atoms with E-state index in [1.807, 2.05) is 36.4 Å². The van der Waals surface area contributed by atoms with Crippen molar-refractivity contribution in [1.82, 2.24) is 10.5 Å². The first-order chi connectivity index (χ1) is 14.8. The number of hydrogen-bond acceptors (Lipinski definition) is 9. The summed E-state index contributed by atoms with van der Waals surface area (Å²) in [6.45, 7) is 1.10. The van der Waals surface area contributed by atoms with Crippen LogP contribution in [0.15, 0.2) is 40.9 Å². The fourth-order valence-corrected chi connectivity index (χ4v) is 6.26. The molecular weight excluding hydrogens is 438 g/mol. The zero-order valence-corrected chi connectivity index (χ0v) is 18.2. The van der Waals surface area contributed by atoms with Crippen LogP contribution < -0.4 is 15.4 Å². The minimum Gasteiger partial charge on any atom is -0.396 e. The number of nitrogens with one attached hydrogen (secondary N) is 1. The van der Waals surface area contributed by atoms with Crippen LogP contribution in [0.5, 0.6) is 0 Å². The lowest BCUT2D eigenvalue weighted by Crippen LogP contribution is -2.41. The molecule has 0 amide bonds. The maximum absolute atomic E-state index is 13.1. The van der Waals surface area contributed by atoms with E-state index in [2.05, 4.69) is 10.5 Å². The number of nitriles is 1. The fourth-order valence-electron chi connectivity index (χ4n) is 3.53. The molecule has 1 atom stereocenters. The Morgan fingerprint density at radius 1 is 1.39 bits per heavy atom. The Morgan fingerprint density at radius 2 is 2.13 bits per heavy atom. The molecule has 0 saturated carbocycles. The smallest absolute Gasteiger partial charge is 0.243 e. The molecule has 1 aromatic carbocycles. The number of sulfonamides is 1. The number of hydrogen-bond donors (Lipinski definition) is 2. The standard InChI is InChI=1S/C20H19N5O4S2/c1-31(27,28)25(13-7-8-23-11-13)20-14(10-21)17(22)19(30-20)18(26)16-9-15(24-29-16)12-5-3-2-4-6-12/h2-6,9,13,23H,7-8,11,22H2,1H3. The van der Waals surface area contributed by atoms with Gasteiger partial charge in [-0.1, -0.05) is 35.5 Å². The largest absolute Gasteiger partial charge is 0.396 e. The van der Waals surface area contributed by atoms with Gasteiger partial charge in [0.2, 0.25) is 21.6 Å². The van der Waals surface area contributed by atoms with Crippen molar-refractivity contribution < 1.29 is 17.7 Å². The van der Waals surface area contributed by atoms with Crippen molar-refractivity contribution in [2.24, 2.45) is 0 Å². The summed E-state index contributed by atoms with van der Waals surface area (Å²) < 4.78 is 31.5. The van der Waals surface area contributed by atoms with Crippen molar-refractivity contribution in [2.45, 2.75) is 12.5 Å². The number of rotatable bonds is 6. The predicted molar refractivity (Wildman–Crippen MR) is 117 cm³/mol. The van der Waals surface area contributed by atoms with E-state index in [9.17, 15) is 18.5 Å². The molecule has 3 N–H and O–H groups in total. The molecule has 3 heterocycles. The number of nitrogens with two attached hydrogens (primary N) is 1. The highest BCUT2D eigenvalue weighted by Gasteiger charge is 2.35. The quantitative estimate of drug-likeness (QED) is 0.537. The number of carbonyl (C=O) groups excluding carboxylic acids is 1. The minimum atomic E-state index is -3.71. The van der Waals surface area contributed by atoms with Crippen molar-refractivity contribution in [2.75, 3.05) is 29.4 Å². The second kappa shape index (κ2) is 8.14. The Morgan fingerprint density at radius 3 is 2.74 bits per heavy atom. The topological polar surface area (TPSA) is 142 Å². The lowest BCUT2D eigenvalue weighted by atomic mass is 10.1. The third-order valence-electron chi connectivity index (χ3n) is 4.97. The van der Waals surface area contributed by atoms with E-state index in [0.29, 0.717) is 25.2 Å². The van der Waals surface area contributed by atoms with Gasteiger partial charge in [-0.25, -0.2) is 8.42 Å². The molecule has 1 aliphatic heterocycles. The normalized spacial score (nSPS) is 16.2. The monoisotopic (exact) mass is 457 g/mol. The number of nitrogen functional groups attached to an aromatic ring is 1. The summed E-state index contributed by atoms with van der Waals surface area (Å²) in [7, 11) is -3.71. The van der Waals surface area contributed by atoms with Gasteiger partial charge in [0.15, 0.2) is 0 Å². The second-order valence-corrected chi connectivity index (χ2v) is 9.97. The third-order valence-corrected chi connectivity index (χ3v) is 7.49. The van der Waals surface area contributed by atoms with Crippen molar-refractivity contribution in [3.05, 3.63) is 52.6 Å². The number of nitrogens with zero attached hydrogens (tertiary/aromatic N) is 3. The van der Waals surface area contributed by atoms with Crippen LogP contribution in [0.3, 0.4) is 0 Å². The van der Waals surface area contributed by atoms with E-state index < -0.39 is 15.8 Å². The van der Waals surface area contributed by atoms with E-state index in [-0.39, 0.29) is 32.9 Å². The summed E-state index contributed by atoms with van der Waals surface area (Å²) in [6.07, 6.45) is 1.66. The van der Waals surface area contributed by atoms with Gasteiger partial charge < -0.3 is 15.6 Å². The molecule has 160 valence electrons. The van der Waals surface area contributed by atoms with E-state index in [1.54, 1.807) is 0 Å². The fraction of sp³-hybridized carbons (Fsp3) is 0.250. The number of ketones is 1. The average Bonchev–Trinajstić information content (AvgIpc) is 3.48. The first-order valence-electron chi connectivity index (χ1n) is 9.40. The minimum absolute atomic E-state index is 0.0338. The highest BCUT2D eigenvalue weighted by atomic mass is 32.2. The Bertz CT molecular complexity index is 1270. The molecule has 0 radical (unpaired) electrons. The van der Waals surface area contributed by atoms with Crippen LogP contribution in [-0.2, 0) is 10.0 Å². The molecule has 3 aromatic rings. The summed E-state index contributed by atoms with van der Waals surface area (Å²) >= 11 is 0.875. The lowest BCUT2D eigenvalue weighted by Gasteiger charge is -2.27. The number of aromatic nitrogens is 1. The molecule has 9 nitrogen and oxygen atoms in total. The maximum atomic E-state index is 13.1. The van der Waals surface area contributed by atoms with Gasteiger partial charge in [0.1, 0.15) is 27.2 Å². The van der Waals surface area contributed by atoms with Crippen LogP contribution in [0.2, 0.25) is 0 Å². The number of thiophene rings is 1. The van der Waals surface area contributed by atoms with Crippen molar-refractivity contribution >= 4 is 37.8 Å². The van der Waals surface area contributed by atoms with E-state index in [1.165, 1.54) is 10.4 Å². The molecule has 1 aliphatic rings. The SMILES string of the molecule is CS(=O)(=O)N(c1sc(C(=O)c2cc(-c3ccccc3)no2)c(N)c1C#N)C1CCNC1. The van der Waals surface area contributed by atoms with Gasteiger partial charge in [0.05, 0.1) is 18.0 Å². The lowest BCUT2D eigenvalue weighted by molar-refractivity contribution is 0.100. The summed E-state index contributed by atoms with van der Waals surface area (Å²) in [5, 5.41) is 16.9. The Labute approximate surface area is 183 Å². The van der Waals surface area contributed by atoms with Gasteiger partial charge in [-0.3, -0.25) is 9.10 Å². The zero-order valence-electron chi connectivity index (χ0n) is 16.5. The molecule has 4 rings (SSSR count). The van der Waals surface area contributed by atoms with Crippen molar-refractivity contribution in [3.8, 4) is 17.3 Å². The molecule has 11 heteroatoms. The molecule has 2 aromatic heterocycles. The van der Waals surface area contributed by atoms with Crippen LogP contribution in [-0.4, -0.2) is 44.7 Å². The molecule has 0 spiro atoms. The Kier molecular flexibility index (Phi) is 5.53. The molecule has 1 fully saturated rings. The van der Waals surface area contributed by atoms with Crippen LogP contribution in [0.4, 0.5) is 10.7 Å². The van der Waals surface area contributed by atoms with Crippen LogP contribution in [0.1, 0.15) is 27.4 Å². The molecule has 1 unspecified atom stereocenters. The van der Waals surface area contributed by atoms with Gasteiger partial charge in [-0.15, -0.1) is 11.3 Å². The molecular formula is C20H19N5O4S2. The maximum Gasteiger partial charge on any atom is 0.243 e. The van der Waals surface area contributed by atoms with Crippen LogP contribution in [0.25, 0.3) is 11.3 Å². The van der Waals surface area contributed by atoms with E-state index in [4.69, 9.17) is 10.3 Å². The average molecular weight is 458 g/mol. The van der Waals surface area contributed by atoms with Crippen molar-refractivity contribution in [1.29, 1.82) is 5.26 Å². The molecule has 31 heavy (non-hydrogen) atoms. The first kappa shape index (κ1) is 21.0. The number of benzene rings is 1. The Hall–Kier alpha value is -3.20. The van der Waals surface area contributed by atoms with Crippen LogP contribution >= 0.6 is 11.3 Å². The molecule has 1 saturated heterocycles. The van der Waals surface area contributed by atoms with Crippen molar-refractivity contribution in [3.63, 3.8) is 0 Å². The van der Waals surface area contributed by atoms with E-state index >= 15 is 0 Å². The first-order valence-corrected chi connectivity index (χ1v) is 12.1. The number of anilines is 2. The third kappa shape index (κ3) is 3.93. The second-order valence-electron chi connectivity index (χ2n) is 7.11. The summed E-state index contributed by atoms with van der Waals surface area (Å²) in [5.74, 6) is -0.603. The van der Waals surface area contributed by atoms with Gasteiger partial charge in [-0.05, 0) is 13.0 Å². The number of carbonyl (C=O) groups is 1. The molecule has 0 aliphatic carbocycles. The Balaban J connectivity index is 1.75. The van der Waals surface area contributed by atoms with E-state index in [0.717, 1.165) is 23.2 Å². The zero-order chi connectivity index (χ0) is 22.2. The summed E-state index contributed by atoms with van der Waals surface area (Å²) in [5.41, 5.74) is 7.28. The van der Waals surface area contributed by atoms with Gasteiger partial charge in [0, 0.05) is 18.2 Å². The van der Waals surface area contributed by atoms with Gasteiger partial charge in [-0.2, -0.15) is 5.26 Å². The van der Waals surface area contributed by atoms with Crippen LogP contribution in [0, 0.1) is 11.3 Å². The van der Waals surface area contributed by atoms with Gasteiger partial charge in [0.25, 0.3) is 0 Å².